The zero-order chi connectivity index (χ0) is 19.2. The Morgan fingerprint density at radius 3 is 2.48 bits per heavy atom. The number of benzene rings is 2. The van der Waals surface area contributed by atoms with Crippen LogP contribution in [0.1, 0.15) is 30.7 Å². The number of amides is 1. The Kier molecular flexibility index (Phi) is 4.02. The van der Waals surface area contributed by atoms with Gasteiger partial charge in [-0.15, -0.1) is 0 Å². The van der Waals surface area contributed by atoms with Crippen molar-refractivity contribution >= 4 is 11.6 Å². The van der Waals surface area contributed by atoms with Crippen LogP contribution in [0, 0.1) is 6.92 Å². The zero-order valence-electron chi connectivity index (χ0n) is 16.1. The van der Waals surface area contributed by atoms with E-state index in [1.54, 1.807) is 13.4 Å². The van der Waals surface area contributed by atoms with E-state index in [2.05, 4.69) is 17.1 Å². The number of ether oxygens (including phenoxy) is 1. The van der Waals surface area contributed by atoms with Crippen LogP contribution in [0.3, 0.4) is 0 Å². The predicted molar refractivity (Wildman–Crippen MR) is 106 cm³/mol. The molecule has 0 aliphatic carbocycles. The highest BCUT2D eigenvalue weighted by atomic mass is 16.5. The van der Waals surface area contributed by atoms with Crippen molar-refractivity contribution in [3.8, 4) is 11.4 Å². The average molecular weight is 361 g/mol. The molecule has 0 fully saturated rings. The number of imidazole rings is 1. The van der Waals surface area contributed by atoms with E-state index in [9.17, 15) is 4.79 Å². The molecule has 0 saturated carbocycles. The first-order chi connectivity index (χ1) is 12.9. The smallest absolute Gasteiger partial charge is 0.237 e. The minimum atomic E-state index is -0.537. The molecule has 27 heavy (non-hydrogen) atoms. The molecule has 1 aromatic heterocycles. The molecular formula is C22H23N3O2. The number of methoxy groups -OCH3 is 1. The van der Waals surface area contributed by atoms with Gasteiger partial charge in [-0.3, -0.25) is 4.79 Å². The molecule has 138 valence electrons. The molecule has 0 saturated heterocycles. The molecule has 5 nitrogen and oxygen atoms in total. The van der Waals surface area contributed by atoms with Crippen molar-refractivity contribution in [3.63, 3.8) is 0 Å². The van der Waals surface area contributed by atoms with Crippen molar-refractivity contribution in [2.75, 3.05) is 12.0 Å². The normalized spacial score (nSPS) is 15.1. The molecule has 0 spiro atoms. The van der Waals surface area contributed by atoms with Gasteiger partial charge in [0.1, 0.15) is 5.75 Å². The van der Waals surface area contributed by atoms with Crippen LogP contribution in [0.4, 0.5) is 5.69 Å². The summed E-state index contributed by atoms with van der Waals surface area (Å²) in [7, 11) is 1.65. The van der Waals surface area contributed by atoms with E-state index in [4.69, 9.17) is 4.74 Å². The van der Waals surface area contributed by atoms with Crippen LogP contribution in [0.15, 0.2) is 55.0 Å². The first-order valence-electron chi connectivity index (χ1n) is 9.00. The quantitative estimate of drug-likeness (QED) is 0.705. The Labute approximate surface area is 159 Å². The van der Waals surface area contributed by atoms with Gasteiger partial charge in [-0.05, 0) is 56.2 Å². The van der Waals surface area contributed by atoms with E-state index in [1.807, 2.05) is 66.8 Å². The summed E-state index contributed by atoms with van der Waals surface area (Å²) in [5.74, 6) is 0.928. The molecule has 0 atom stereocenters. The van der Waals surface area contributed by atoms with Crippen molar-refractivity contribution in [1.29, 1.82) is 0 Å². The number of hydrogen-bond acceptors (Lipinski definition) is 3. The van der Waals surface area contributed by atoms with Crippen LogP contribution in [-0.2, 0) is 16.8 Å². The molecule has 2 aromatic carbocycles. The summed E-state index contributed by atoms with van der Waals surface area (Å²) in [6.45, 7) is 6.48. The predicted octanol–water partition coefficient (Wildman–Crippen LogP) is 4.01. The third-order valence-corrected chi connectivity index (χ3v) is 5.23. The molecule has 5 heteroatoms. The highest BCUT2D eigenvalue weighted by Gasteiger charge is 2.43. The van der Waals surface area contributed by atoms with Crippen LogP contribution < -0.4 is 9.64 Å². The van der Waals surface area contributed by atoms with E-state index in [0.29, 0.717) is 6.54 Å². The number of anilines is 1. The third kappa shape index (κ3) is 2.89. The zero-order valence-corrected chi connectivity index (χ0v) is 16.1. The summed E-state index contributed by atoms with van der Waals surface area (Å²) in [5.41, 5.74) is 4.51. The molecular weight excluding hydrogens is 338 g/mol. The molecule has 0 N–H and O–H groups in total. The lowest BCUT2D eigenvalue weighted by atomic mass is 9.86. The number of fused-ring (bicyclic) bond motifs is 1. The number of aromatic nitrogens is 2. The Balaban J connectivity index is 1.74. The number of rotatable bonds is 4. The van der Waals surface area contributed by atoms with Crippen molar-refractivity contribution in [3.05, 3.63) is 71.8 Å². The van der Waals surface area contributed by atoms with Gasteiger partial charge in [-0.25, -0.2) is 4.98 Å². The van der Waals surface area contributed by atoms with Crippen molar-refractivity contribution in [2.24, 2.45) is 0 Å². The SMILES string of the molecule is COc1ccc(CN2C(=O)C(C)(C)c3ccc(-n4cnc(C)c4)cc32)cc1. The fraction of sp³-hybridized carbons (Fsp3) is 0.273. The van der Waals surface area contributed by atoms with Gasteiger partial charge in [0.05, 0.1) is 36.8 Å². The summed E-state index contributed by atoms with van der Waals surface area (Å²) in [6, 6.07) is 14.0. The topological polar surface area (TPSA) is 47.4 Å². The van der Waals surface area contributed by atoms with Gasteiger partial charge in [-0.1, -0.05) is 18.2 Å². The van der Waals surface area contributed by atoms with Gasteiger partial charge in [-0.2, -0.15) is 0 Å². The molecule has 1 aliphatic heterocycles. The lowest BCUT2D eigenvalue weighted by molar-refractivity contribution is -0.122. The average Bonchev–Trinajstić information content (AvgIpc) is 3.18. The molecule has 0 bridgehead atoms. The van der Waals surface area contributed by atoms with Gasteiger partial charge in [0.2, 0.25) is 5.91 Å². The summed E-state index contributed by atoms with van der Waals surface area (Å²) >= 11 is 0. The first kappa shape index (κ1) is 17.3. The molecule has 1 aliphatic rings. The Hall–Kier alpha value is -3.08. The lowest BCUT2D eigenvalue weighted by Crippen LogP contribution is -2.35. The van der Waals surface area contributed by atoms with E-state index in [1.165, 1.54) is 0 Å². The van der Waals surface area contributed by atoms with Crippen LogP contribution in [0.25, 0.3) is 5.69 Å². The van der Waals surface area contributed by atoms with Crippen molar-refractivity contribution < 1.29 is 9.53 Å². The van der Waals surface area contributed by atoms with Crippen LogP contribution in [0.2, 0.25) is 0 Å². The highest BCUT2D eigenvalue weighted by molar-refractivity contribution is 6.07. The Morgan fingerprint density at radius 2 is 1.85 bits per heavy atom. The van der Waals surface area contributed by atoms with Crippen molar-refractivity contribution in [1.82, 2.24) is 9.55 Å². The maximum Gasteiger partial charge on any atom is 0.237 e. The lowest BCUT2D eigenvalue weighted by Gasteiger charge is -2.20. The van der Waals surface area contributed by atoms with Crippen LogP contribution >= 0.6 is 0 Å². The van der Waals surface area contributed by atoms with E-state index in [0.717, 1.165) is 33.9 Å². The van der Waals surface area contributed by atoms with Gasteiger partial charge >= 0.3 is 0 Å². The molecule has 4 rings (SSSR count). The summed E-state index contributed by atoms with van der Waals surface area (Å²) in [4.78, 5) is 19.3. The Morgan fingerprint density at radius 1 is 1.11 bits per heavy atom. The van der Waals surface area contributed by atoms with Gasteiger partial charge < -0.3 is 14.2 Å². The minimum absolute atomic E-state index is 0.118. The molecule has 2 heterocycles. The number of hydrogen-bond donors (Lipinski definition) is 0. The summed E-state index contributed by atoms with van der Waals surface area (Å²) in [5, 5.41) is 0. The highest BCUT2D eigenvalue weighted by Crippen LogP contribution is 2.43. The molecule has 0 radical (unpaired) electrons. The van der Waals surface area contributed by atoms with Gasteiger partial charge in [0.25, 0.3) is 0 Å². The van der Waals surface area contributed by atoms with Crippen LogP contribution in [0.5, 0.6) is 5.75 Å². The largest absolute Gasteiger partial charge is 0.497 e. The fourth-order valence-corrected chi connectivity index (χ4v) is 3.63. The second-order valence-corrected chi connectivity index (χ2v) is 7.49. The summed E-state index contributed by atoms with van der Waals surface area (Å²) in [6.07, 6.45) is 3.78. The van der Waals surface area contributed by atoms with Gasteiger partial charge in [0.15, 0.2) is 0 Å². The standard InChI is InChI=1S/C22H23N3O2/c1-15-12-24(14-23-15)17-7-10-19-20(11-17)25(21(26)22(19,2)3)13-16-5-8-18(27-4)9-6-16/h5-12,14H,13H2,1-4H3. The monoisotopic (exact) mass is 361 g/mol. The minimum Gasteiger partial charge on any atom is -0.497 e. The number of carbonyl (C=O) groups is 1. The van der Waals surface area contributed by atoms with E-state index >= 15 is 0 Å². The molecule has 1 amide bonds. The second kappa shape index (κ2) is 6.27. The fourth-order valence-electron chi connectivity index (χ4n) is 3.63. The van der Waals surface area contributed by atoms with E-state index < -0.39 is 5.41 Å². The first-order valence-corrected chi connectivity index (χ1v) is 9.00. The Bertz CT molecular complexity index is 1000. The molecule has 0 unspecified atom stereocenters. The number of nitrogens with zero attached hydrogens (tertiary/aromatic N) is 3. The summed E-state index contributed by atoms with van der Waals surface area (Å²) < 4.78 is 7.21. The van der Waals surface area contributed by atoms with Gasteiger partial charge in [0, 0.05) is 11.9 Å². The maximum absolute atomic E-state index is 13.1. The maximum atomic E-state index is 13.1. The van der Waals surface area contributed by atoms with Crippen LogP contribution in [-0.4, -0.2) is 22.6 Å². The number of carbonyl (C=O) groups excluding carboxylic acids is 1. The third-order valence-electron chi connectivity index (χ3n) is 5.23. The molecule has 3 aromatic rings. The van der Waals surface area contributed by atoms with Crippen molar-refractivity contribution in [2.45, 2.75) is 32.7 Å². The second-order valence-electron chi connectivity index (χ2n) is 7.49. The van der Waals surface area contributed by atoms with E-state index in [-0.39, 0.29) is 5.91 Å². The number of aryl methyl sites for hydroxylation is 1.